The maximum atomic E-state index is 12.8. The van der Waals surface area contributed by atoms with Gasteiger partial charge in [0.1, 0.15) is 6.54 Å². The molecule has 3 atom stereocenters. The summed E-state index contributed by atoms with van der Waals surface area (Å²) in [4.78, 5) is 25.5. The average molecular weight is 383 g/mol. The number of benzene rings is 2. The van der Waals surface area contributed by atoms with Crippen molar-refractivity contribution in [1.29, 1.82) is 0 Å². The second-order valence-corrected chi connectivity index (χ2v) is 7.41. The van der Waals surface area contributed by atoms with Crippen molar-refractivity contribution in [3.05, 3.63) is 65.2 Å². The Balaban J connectivity index is 2.02. The lowest BCUT2D eigenvalue weighted by Gasteiger charge is -2.22. The molecule has 2 aromatic carbocycles. The van der Waals surface area contributed by atoms with E-state index in [4.69, 9.17) is 0 Å². The van der Waals surface area contributed by atoms with Gasteiger partial charge in [-0.05, 0) is 43.0 Å². The van der Waals surface area contributed by atoms with Crippen LogP contribution in [0.4, 0.5) is 5.69 Å². The molecule has 0 aliphatic carbocycles. The maximum Gasteiger partial charge on any atom is 0.282 e. The number of quaternary nitrogens is 1. The number of anilines is 1. The molecule has 2 amide bonds. The van der Waals surface area contributed by atoms with E-state index in [2.05, 4.69) is 30.5 Å². The zero-order valence-electron chi connectivity index (χ0n) is 17.5. The number of carbonyl (C=O) groups is 2. The SMILES string of the molecule is CC[C@@H](C)c1ccccc1NC(=O)[C@H](C)[NH+](C)Cc1ccc(C(=O)NC)cc1. The molecule has 0 aromatic heterocycles. The molecule has 0 heterocycles. The van der Waals surface area contributed by atoms with Crippen molar-refractivity contribution in [1.82, 2.24) is 5.32 Å². The largest absolute Gasteiger partial charge is 0.355 e. The van der Waals surface area contributed by atoms with Gasteiger partial charge < -0.3 is 15.5 Å². The van der Waals surface area contributed by atoms with Crippen molar-refractivity contribution in [2.24, 2.45) is 0 Å². The topological polar surface area (TPSA) is 62.6 Å². The van der Waals surface area contributed by atoms with E-state index in [0.29, 0.717) is 18.0 Å². The first-order valence-electron chi connectivity index (χ1n) is 9.90. The Morgan fingerprint density at radius 1 is 1.04 bits per heavy atom. The van der Waals surface area contributed by atoms with Crippen molar-refractivity contribution in [2.45, 2.75) is 45.7 Å². The Bertz CT molecular complexity index is 802. The summed E-state index contributed by atoms with van der Waals surface area (Å²) in [7, 11) is 3.63. The second kappa shape index (κ2) is 10.0. The molecule has 0 saturated carbocycles. The first-order chi connectivity index (χ1) is 13.4. The van der Waals surface area contributed by atoms with E-state index < -0.39 is 0 Å². The first-order valence-corrected chi connectivity index (χ1v) is 9.90. The van der Waals surface area contributed by atoms with Crippen molar-refractivity contribution < 1.29 is 14.5 Å². The Kier molecular flexibility index (Phi) is 7.76. The number of carbonyl (C=O) groups excluding carboxylic acids is 2. The molecule has 0 aliphatic rings. The standard InChI is InChI=1S/C23H31N3O2/c1-6-16(2)20-9-7-8-10-21(20)25-22(27)17(3)26(5)15-18-11-13-19(14-12-18)23(28)24-4/h7-14,16-17H,6,15H2,1-5H3,(H,24,28)(H,25,27)/p+1/t16-,17+/m1/s1. The number of amides is 2. The molecule has 5 heteroatoms. The minimum Gasteiger partial charge on any atom is -0.355 e. The van der Waals surface area contributed by atoms with Crippen LogP contribution in [0.25, 0.3) is 0 Å². The van der Waals surface area contributed by atoms with Crippen molar-refractivity contribution in [3.8, 4) is 0 Å². The number of likely N-dealkylation sites (N-methyl/N-ethyl adjacent to an activating group) is 1. The fourth-order valence-corrected chi connectivity index (χ4v) is 3.12. The zero-order chi connectivity index (χ0) is 20.7. The third kappa shape index (κ3) is 5.42. The monoisotopic (exact) mass is 382 g/mol. The summed E-state index contributed by atoms with van der Waals surface area (Å²) >= 11 is 0. The van der Waals surface area contributed by atoms with Crippen LogP contribution >= 0.6 is 0 Å². The Morgan fingerprint density at radius 3 is 2.29 bits per heavy atom. The molecular formula is C23H32N3O2+. The van der Waals surface area contributed by atoms with Crippen LogP contribution in [0.15, 0.2) is 48.5 Å². The maximum absolute atomic E-state index is 12.8. The number of hydrogen-bond acceptors (Lipinski definition) is 2. The smallest absolute Gasteiger partial charge is 0.282 e. The van der Waals surface area contributed by atoms with Crippen LogP contribution in [0.2, 0.25) is 0 Å². The zero-order valence-corrected chi connectivity index (χ0v) is 17.5. The van der Waals surface area contributed by atoms with E-state index in [1.165, 1.54) is 5.56 Å². The third-order valence-corrected chi connectivity index (χ3v) is 5.42. The molecule has 2 aromatic rings. The van der Waals surface area contributed by atoms with Gasteiger partial charge in [0.25, 0.3) is 11.8 Å². The van der Waals surface area contributed by atoms with E-state index in [1.807, 2.05) is 56.4 Å². The van der Waals surface area contributed by atoms with Gasteiger partial charge in [-0.1, -0.05) is 44.2 Å². The lowest BCUT2D eigenvalue weighted by molar-refractivity contribution is -0.907. The summed E-state index contributed by atoms with van der Waals surface area (Å²) in [6.07, 6.45) is 1.03. The molecule has 0 aliphatic heterocycles. The molecule has 5 nitrogen and oxygen atoms in total. The highest BCUT2D eigenvalue weighted by Crippen LogP contribution is 2.26. The van der Waals surface area contributed by atoms with E-state index in [0.717, 1.165) is 22.6 Å². The normalized spacial score (nSPS) is 14.0. The van der Waals surface area contributed by atoms with Crippen LogP contribution in [0.1, 0.15) is 54.6 Å². The van der Waals surface area contributed by atoms with Gasteiger partial charge in [0.15, 0.2) is 6.04 Å². The quantitative estimate of drug-likeness (QED) is 0.657. The van der Waals surface area contributed by atoms with Crippen molar-refractivity contribution in [2.75, 3.05) is 19.4 Å². The van der Waals surface area contributed by atoms with E-state index >= 15 is 0 Å². The molecule has 3 N–H and O–H groups in total. The highest BCUT2D eigenvalue weighted by atomic mass is 16.2. The molecule has 2 rings (SSSR count). The van der Waals surface area contributed by atoms with Gasteiger partial charge in [-0.25, -0.2) is 0 Å². The first kappa shape index (κ1) is 21.6. The summed E-state index contributed by atoms with van der Waals surface area (Å²) in [5.41, 5.74) is 3.80. The van der Waals surface area contributed by atoms with Gasteiger partial charge in [-0.3, -0.25) is 9.59 Å². The van der Waals surface area contributed by atoms with Gasteiger partial charge in [0.05, 0.1) is 7.05 Å². The summed E-state index contributed by atoms with van der Waals surface area (Å²) < 4.78 is 0. The minimum absolute atomic E-state index is 0.00948. The molecular weight excluding hydrogens is 350 g/mol. The molecule has 0 fully saturated rings. The summed E-state index contributed by atoms with van der Waals surface area (Å²) in [5, 5.41) is 5.73. The highest BCUT2D eigenvalue weighted by Gasteiger charge is 2.23. The van der Waals surface area contributed by atoms with E-state index in [9.17, 15) is 9.59 Å². The molecule has 1 unspecified atom stereocenters. The van der Waals surface area contributed by atoms with Crippen LogP contribution in [0.5, 0.6) is 0 Å². The molecule has 28 heavy (non-hydrogen) atoms. The lowest BCUT2D eigenvalue weighted by Crippen LogP contribution is -3.12. The number of hydrogen-bond donors (Lipinski definition) is 3. The van der Waals surface area contributed by atoms with E-state index in [-0.39, 0.29) is 17.9 Å². The fourth-order valence-electron chi connectivity index (χ4n) is 3.12. The minimum atomic E-state index is -0.205. The summed E-state index contributed by atoms with van der Waals surface area (Å²) in [5.74, 6) is 0.311. The molecule has 0 radical (unpaired) electrons. The van der Waals surface area contributed by atoms with Crippen molar-refractivity contribution >= 4 is 17.5 Å². The molecule has 0 saturated heterocycles. The van der Waals surface area contributed by atoms with Crippen LogP contribution in [0.3, 0.4) is 0 Å². The Morgan fingerprint density at radius 2 is 1.68 bits per heavy atom. The second-order valence-electron chi connectivity index (χ2n) is 7.41. The predicted molar refractivity (Wildman–Crippen MR) is 114 cm³/mol. The van der Waals surface area contributed by atoms with Crippen LogP contribution in [-0.4, -0.2) is 32.0 Å². The average Bonchev–Trinajstić information content (AvgIpc) is 2.72. The van der Waals surface area contributed by atoms with Gasteiger partial charge >= 0.3 is 0 Å². The fraction of sp³-hybridized carbons (Fsp3) is 0.391. The van der Waals surface area contributed by atoms with Crippen LogP contribution in [0, 0.1) is 0 Å². The Labute approximate surface area is 168 Å². The molecule has 150 valence electrons. The van der Waals surface area contributed by atoms with Crippen LogP contribution < -0.4 is 15.5 Å². The summed E-state index contributed by atoms with van der Waals surface area (Å²) in [6.45, 7) is 6.97. The lowest BCUT2D eigenvalue weighted by atomic mass is 9.97. The molecule has 0 bridgehead atoms. The van der Waals surface area contributed by atoms with Gasteiger partial charge in [-0.2, -0.15) is 0 Å². The highest BCUT2D eigenvalue weighted by molar-refractivity contribution is 5.94. The van der Waals surface area contributed by atoms with Crippen molar-refractivity contribution in [3.63, 3.8) is 0 Å². The van der Waals surface area contributed by atoms with Gasteiger partial charge in [0, 0.05) is 23.9 Å². The van der Waals surface area contributed by atoms with Gasteiger partial charge in [0.2, 0.25) is 0 Å². The molecule has 0 spiro atoms. The number of para-hydroxylation sites is 1. The van der Waals surface area contributed by atoms with Crippen LogP contribution in [-0.2, 0) is 11.3 Å². The Hall–Kier alpha value is -2.66. The van der Waals surface area contributed by atoms with E-state index in [1.54, 1.807) is 7.05 Å². The number of nitrogens with one attached hydrogen (secondary N) is 3. The third-order valence-electron chi connectivity index (χ3n) is 5.42. The number of rotatable bonds is 8. The van der Waals surface area contributed by atoms with Gasteiger partial charge in [-0.15, -0.1) is 0 Å². The summed E-state index contributed by atoms with van der Waals surface area (Å²) in [6, 6.07) is 15.3. The predicted octanol–water partition coefficient (Wildman–Crippen LogP) is 2.60.